The highest BCUT2D eigenvalue weighted by atomic mass is 19.4. The number of rotatable bonds is 3. The number of nitrogens with zero attached hydrogens (tertiary/aromatic N) is 3. The first-order chi connectivity index (χ1) is 15.8. The zero-order valence-electron chi connectivity index (χ0n) is 17.9. The van der Waals surface area contributed by atoms with Crippen LogP contribution in [0.15, 0.2) is 59.6 Å². The number of carbonyl (C=O) groups excluding carboxylic acids is 2. The predicted molar refractivity (Wildman–Crippen MR) is 115 cm³/mol. The third-order valence-electron chi connectivity index (χ3n) is 5.81. The van der Waals surface area contributed by atoms with Gasteiger partial charge in [0.05, 0.1) is 12.7 Å². The summed E-state index contributed by atoms with van der Waals surface area (Å²) in [6, 6.07) is 13.5. The summed E-state index contributed by atoms with van der Waals surface area (Å²) >= 11 is 0. The van der Waals surface area contributed by atoms with Crippen LogP contribution >= 0.6 is 0 Å². The highest BCUT2D eigenvalue weighted by Gasteiger charge is 2.42. The van der Waals surface area contributed by atoms with Crippen LogP contribution in [0.25, 0.3) is 0 Å². The fourth-order valence-electron chi connectivity index (χ4n) is 4.07. The molecule has 0 saturated carbocycles. The summed E-state index contributed by atoms with van der Waals surface area (Å²) in [6.45, 7) is 1.79. The molecule has 1 amide bonds. The van der Waals surface area contributed by atoms with Gasteiger partial charge in [0.25, 0.3) is 0 Å². The standard InChI is InChI=1S/C23H23F3N4O3/c1-33-21(32)18-19(15-6-3-2-4-7-15)27-22(28-20(18)31)30-12-10-29(11-13-30)17-9-5-8-16(14-17)23(24,25)26/h2-9,14,18-19H,10-13H2,1H3,(H,27,28,31)/t18-,19-/m0/s1. The fourth-order valence-corrected chi connectivity index (χ4v) is 4.07. The zero-order chi connectivity index (χ0) is 23.6. The lowest BCUT2D eigenvalue weighted by molar-refractivity contribution is -0.151. The van der Waals surface area contributed by atoms with Crippen molar-refractivity contribution in [2.75, 3.05) is 38.2 Å². The molecule has 2 aliphatic rings. The summed E-state index contributed by atoms with van der Waals surface area (Å²) in [6.07, 6.45) is -4.40. The third kappa shape index (κ3) is 4.79. The Morgan fingerprint density at radius 2 is 1.70 bits per heavy atom. The Kier molecular flexibility index (Phi) is 6.26. The van der Waals surface area contributed by atoms with Gasteiger partial charge < -0.3 is 14.5 Å². The number of esters is 1. The van der Waals surface area contributed by atoms with Gasteiger partial charge in [-0.1, -0.05) is 36.4 Å². The quantitative estimate of drug-likeness (QED) is 0.563. The van der Waals surface area contributed by atoms with Gasteiger partial charge in [-0.15, -0.1) is 0 Å². The molecule has 33 heavy (non-hydrogen) atoms. The molecule has 0 aromatic heterocycles. The van der Waals surface area contributed by atoms with Gasteiger partial charge in [0.1, 0.15) is 6.04 Å². The Balaban J connectivity index is 1.52. The lowest BCUT2D eigenvalue weighted by atomic mass is 9.91. The van der Waals surface area contributed by atoms with Gasteiger partial charge >= 0.3 is 12.1 Å². The van der Waals surface area contributed by atoms with Crippen molar-refractivity contribution in [3.8, 4) is 0 Å². The summed E-state index contributed by atoms with van der Waals surface area (Å²) in [5, 5.41) is 2.70. The number of anilines is 1. The van der Waals surface area contributed by atoms with Crippen LogP contribution < -0.4 is 10.2 Å². The van der Waals surface area contributed by atoms with E-state index in [1.807, 2.05) is 15.9 Å². The molecule has 1 saturated heterocycles. The van der Waals surface area contributed by atoms with E-state index >= 15 is 0 Å². The van der Waals surface area contributed by atoms with E-state index in [1.54, 1.807) is 30.3 Å². The van der Waals surface area contributed by atoms with Gasteiger partial charge in [0.2, 0.25) is 11.9 Å². The van der Waals surface area contributed by atoms with Crippen LogP contribution in [0.2, 0.25) is 0 Å². The van der Waals surface area contributed by atoms with Gasteiger partial charge in [-0.2, -0.15) is 13.2 Å². The van der Waals surface area contributed by atoms with Crippen molar-refractivity contribution in [1.82, 2.24) is 10.2 Å². The van der Waals surface area contributed by atoms with Crippen LogP contribution in [0.4, 0.5) is 18.9 Å². The largest absolute Gasteiger partial charge is 0.468 e. The second kappa shape index (κ2) is 9.13. The summed E-state index contributed by atoms with van der Waals surface area (Å²) in [5.41, 5.74) is 0.515. The number of ether oxygens (including phenoxy) is 1. The maximum atomic E-state index is 13.1. The molecule has 2 atom stereocenters. The number of halogens is 3. The molecule has 2 aromatic carbocycles. The van der Waals surface area contributed by atoms with Crippen LogP contribution in [0.5, 0.6) is 0 Å². The number of guanidine groups is 1. The van der Waals surface area contributed by atoms with Gasteiger partial charge in [-0.3, -0.25) is 14.9 Å². The first kappa shape index (κ1) is 22.6. The van der Waals surface area contributed by atoms with Gasteiger partial charge in [-0.05, 0) is 23.8 Å². The van der Waals surface area contributed by atoms with Crippen molar-refractivity contribution in [2.24, 2.45) is 10.9 Å². The van der Waals surface area contributed by atoms with Crippen LogP contribution in [-0.2, 0) is 20.5 Å². The molecule has 0 bridgehead atoms. The Bertz CT molecular complexity index is 1050. The third-order valence-corrected chi connectivity index (χ3v) is 5.81. The number of methoxy groups -OCH3 is 1. The number of nitrogens with one attached hydrogen (secondary N) is 1. The monoisotopic (exact) mass is 460 g/mol. The maximum absolute atomic E-state index is 13.1. The highest BCUT2D eigenvalue weighted by molar-refractivity contribution is 6.08. The molecule has 1 fully saturated rings. The van der Waals surface area contributed by atoms with E-state index in [1.165, 1.54) is 13.2 Å². The van der Waals surface area contributed by atoms with Crippen molar-refractivity contribution < 1.29 is 27.5 Å². The summed E-state index contributed by atoms with van der Waals surface area (Å²) in [4.78, 5) is 33.5. The van der Waals surface area contributed by atoms with E-state index in [0.717, 1.165) is 12.1 Å². The van der Waals surface area contributed by atoms with E-state index < -0.39 is 35.6 Å². The van der Waals surface area contributed by atoms with Gasteiger partial charge in [-0.25, -0.2) is 4.99 Å². The maximum Gasteiger partial charge on any atom is 0.416 e. The summed E-state index contributed by atoms with van der Waals surface area (Å²) in [5.74, 6) is -1.93. The normalized spacial score (nSPS) is 21.3. The van der Waals surface area contributed by atoms with Crippen molar-refractivity contribution in [3.05, 3.63) is 65.7 Å². The highest BCUT2D eigenvalue weighted by Crippen LogP contribution is 2.33. The minimum atomic E-state index is -4.40. The van der Waals surface area contributed by atoms with E-state index in [-0.39, 0.29) is 0 Å². The fraction of sp³-hybridized carbons (Fsp3) is 0.348. The average Bonchev–Trinajstić information content (AvgIpc) is 2.83. The summed E-state index contributed by atoms with van der Waals surface area (Å²) < 4.78 is 44.0. The Hall–Kier alpha value is -3.56. The van der Waals surface area contributed by atoms with Gasteiger partial charge in [0, 0.05) is 31.9 Å². The number of benzene rings is 2. The van der Waals surface area contributed by atoms with E-state index in [2.05, 4.69) is 10.3 Å². The number of hydrogen-bond acceptors (Lipinski definition) is 6. The van der Waals surface area contributed by atoms with Crippen LogP contribution in [0.3, 0.4) is 0 Å². The first-order valence-corrected chi connectivity index (χ1v) is 10.5. The minimum absolute atomic E-state index is 0.345. The molecule has 4 rings (SSSR count). The molecule has 1 N–H and O–H groups in total. The molecule has 2 heterocycles. The topological polar surface area (TPSA) is 74.2 Å². The first-order valence-electron chi connectivity index (χ1n) is 10.5. The number of hydrogen-bond donors (Lipinski definition) is 1. The number of aliphatic imine (C=N–C) groups is 1. The minimum Gasteiger partial charge on any atom is -0.468 e. The molecule has 0 radical (unpaired) electrons. The lowest BCUT2D eigenvalue weighted by Crippen LogP contribution is -2.57. The second-order valence-electron chi connectivity index (χ2n) is 7.82. The zero-order valence-corrected chi connectivity index (χ0v) is 17.9. The van der Waals surface area contributed by atoms with E-state index in [9.17, 15) is 22.8 Å². The number of alkyl halides is 3. The molecule has 2 aromatic rings. The SMILES string of the molecule is COC(=O)[C@@H]1C(=O)NC(N2CCN(c3cccc(C(F)(F)F)c3)CC2)=N[C@H]1c1ccccc1. The van der Waals surface area contributed by atoms with Crippen molar-refractivity contribution in [3.63, 3.8) is 0 Å². The molecular formula is C23H23F3N4O3. The summed E-state index contributed by atoms with van der Waals surface area (Å²) in [7, 11) is 1.23. The Morgan fingerprint density at radius 1 is 1.03 bits per heavy atom. The number of amides is 1. The molecule has 0 spiro atoms. The van der Waals surface area contributed by atoms with E-state index in [0.29, 0.717) is 43.4 Å². The van der Waals surface area contributed by atoms with Crippen molar-refractivity contribution >= 4 is 23.5 Å². The molecule has 10 heteroatoms. The van der Waals surface area contributed by atoms with E-state index in [4.69, 9.17) is 4.74 Å². The Morgan fingerprint density at radius 3 is 2.33 bits per heavy atom. The van der Waals surface area contributed by atoms with Gasteiger partial charge in [0.15, 0.2) is 5.92 Å². The molecule has 0 aliphatic carbocycles. The molecule has 0 unspecified atom stereocenters. The molecule has 7 nitrogen and oxygen atoms in total. The smallest absolute Gasteiger partial charge is 0.416 e. The Labute approximate surface area is 188 Å². The van der Waals surface area contributed by atoms with Crippen LogP contribution in [0, 0.1) is 5.92 Å². The van der Waals surface area contributed by atoms with Crippen LogP contribution in [0.1, 0.15) is 17.2 Å². The van der Waals surface area contributed by atoms with Crippen LogP contribution in [-0.4, -0.2) is 56.0 Å². The average molecular weight is 460 g/mol. The molecule has 174 valence electrons. The second-order valence-corrected chi connectivity index (χ2v) is 7.82. The lowest BCUT2D eigenvalue weighted by Gasteiger charge is -2.39. The van der Waals surface area contributed by atoms with Crippen molar-refractivity contribution in [2.45, 2.75) is 12.2 Å². The number of carbonyl (C=O) groups is 2. The van der Waals surface area contributed by atoms with Crippen molar-refractivity contribution in [1.29, 1.82) is 0 Å². The number of piperazine rings is 1. The predicted octanol–water partition coefficient (Wildman–Crippen LogP) is 2.84. The molecule has 2 aliphatic heterocycles. The molecular weight excluding hydrogens is 437 g/mol.